The number of halogens is 1. The molecule has 1 aromatic rings. The van der Waals surface area contributed by atoms with Crippen molar-refractivity contribution >= 4 is 24.2 Å². The summed E-state index contributed by atoms with van der Waals surface area (Å²) in [5.74, 6) is 0.504. The predicted molar refractivity (Wildman–Crippen MR) is 113 cm³/mol. The van der Waals surface area contributed by atoms with E-state index in [4.69, 9.17) is 0 Å². The highest BCUT2D eigenvalue weighted by molar-refractivity contribution is 5.94. The van der Waals surface area contributed by atoms with Crippen LogP contribution in [0.3, 0.4) is 0 Å². The normalized spacial score (nSPS) is 22.6. The van der Waals surface area contributed by atoms with Crippen LogP contribution in [-0.4, -0.2) is 60.9 Å². The molecular weight excluding hydrogens is 374 g/mol. The van der Waals surface area contributed by atoms with E-state index in [0.717, 1.165) is 57.4 Å². The van der Waals surface area contributed by atoms with Gasteiger partial charge in [0.15, 0.2) is 0 Å². The van der Waals surface area contributed by atoms with E-state index in [1.165, 1.54) is 12.8 Å². The molecule has 6 heteroatoms. The van der Waals surface area contributed by atoms with Gasteiger partial charge in [-0.2, -0.15) is 0 Å². The Morgan fingerprint density at radius 3 is 2.07 bits per heavy atom. The topological polar surface area (TPSA) is 52.7 Å². The fourth-order valence-electron chi connectivity index (χ4n) is 5.01. The summed E-state index contributed by atoms with van der Waals surface area (Å²) in [6.07, 6.45) is 6.42. The molecule has 3 saturated heterocycles. The maximum absolute atomic E-state index is 13.0. The van der Waals surface area contributed by atoms with Gasteiger partial charge < -0.3 is 15.1 Å². The molecule has 154 valence electrons. The van der Waals surface area contributed by atoms with E-state index in [-0.39, 0.29) is 24.2 Å². The third kappa shape index (κ3) is 4.52. The second-order valence-electron chi connectivity index (χ2n) is 8.51. The Morgan fingerprint density at radius 2 is 1.46 bits per heavy atom. The zero-order valence-corrected chi connectivity index (χ0v) is 17.4. The quantitative estimate of drug-likeness (QED) is 0.823. The van der Waals surface area contributed by atoms with Crippen LogP contribution in [0.25, 0.3) is 0 Å². The number of likely N-dealkylation sites (tertiary alicyclic amines) is 2. The Morgan fingerprint density at radius 1 is 0.857 bits per heavy atom. The average molecular weight is 406 g/mol. The van der Waals surface area contributed by atoms with E-state index >= 15 is 0 Å². The lowest BCUT2D eigenvalue weighted by Gasteiger charge is -2.45. The number of hydrogen-bond acceptors (Lipinski definition) is 3. The molecule has 0 unspecified atom stereocenters. The standard InChI is InChI=1S/C22H31N3O2.ClH/c26-20(18-4-2-1-3-5-18)24-14-6-19(7-15-24)21(27)25-16-10-22(11-17-25)8-12-23-13-9-22;/h1-5,19,23H,6-17H2;1H. The molecule has 1 spiro atoms. The molecule has 2 amide bonds. The maximum Gasteiger partial charge on any atom is 0.253 e. The zero-order chi connectivity index (χ0) is 18.7. The third-order valence-corrected chi connectivity index (χ3v) is 6.95. The monoisotopic (exact) mass is 405 g/mol. The van der Waals surface area contributed by atoms with Gasteiger partial charge in [-0.25, -0.2) is 0 Å². The molecule has 0 atom stereocenters. The third-order valence-electron chi connectivity index (χ3n) is 6.95. The summed E-state index contributed by atoms with van der Waals surface area (Å²) in [4.78, 5) is 29.6. The average Bonchev–Trinajstić information content (AvgIpc) is 2.75. The number of carbonyl (C=O) groups is 2. The molecule has 1 N–H and O–H groups in total. The lowest BCUT2D eigenvalue weighted by Crippen LogP contribution is -2.50. The minimum Gasteiger partial charge on any atom is -0.342 e. The molecule has 28 heavy (non-hydrogen) atoms. The number of piperidine rings is 3. The van der Waals surface area contributed by atoms with Crippen LogP contribution in [0, 0.1) is 11.3 Å². The van der Waals surface area contributed by atoms with Crippen LogP contribution in [0.5, 0.6) is 0 Å². The number of carbonyl (C=O) groups excluding carboxylic acids is 2. The molecule has 0 radical (unpaired) electrons. The van der Waals surface area contributed by atoms with Crippen molar-refractivity contribution < 1.29 is 9.59 Å². The molecule has 1 aromatic carbocycles. The van der Waals surface area contributed by atoms with Crippen molar-refractivity contribution in [3.05, 3.63) is 35.9 Å². The Kier molecular flexibility index (Phi) is 7.00. The van der Waals surface area contributed by atoms with E-state index < -0.39 is 0 Å². The molecule has 0 aromatic heterocycles. The Balaban J connectivity index is 0.00000225. The predicted octanol–water partition coefficient (Wildman–Crippen LogP) is 2.95. The zero-order valence-electron chi connectivity index (χ0n) is 16.6. The second-order valence-corrected chi connectivity index (χ2v) is 8.51. The fraction of sp³-hybridized carbons (Fsp3) is 0.636. The fourth-order valence-corrected chi connectivity index (χ4v) is 5.01. The molecule has 5 nitrogen and oxygen atoms in total. The number of nitrogens with zero attached hydrogens (tertiary/aromatic N) is 2. The molecule has 0 bridgehead atoms. The lowest BCUT2D eigenvalue weighted by molar-refractivity contribution is -0.139. The first kappa shape index (κ1) is 21.1. The lowest BCUT2D eigenvalue weighted by atomic mass is 9.71. The Labute approximate surface area is 174 Å². The summed E-state index contributed by atoms with van der Waals surface area (Å²) in [6.45, 7) is 5.47. The number of rotatable bonds is 2. The van der Waals surface area contributed by atoms with Crippen molar-refractivity contribution in [3.8, 4) is 0 Å². The van der Waals surface area contributed by atoms with Crippen LogP contribution >= 0.6 is 12.4 Å². The summed E-state index contributed by atoms with van der Waals surface area (Å²) >= 11 is 0. The van der Waals surface area contributed by atoms with Gasteiger partial charge in [0.1, 0.15) is 0 Å². The second kappa shape index (κ2) is 9.27. The number of benzene rings is 1. The van der Waals surface area contributed by atoms with Crippen molar-refractivity contribution in [1.29, 1.82) is 0 Å². The minimum atomic E-state index is 0. The Hall–Kier alpha value is -1.59. The molecular formula is C22H32ClN3O2. The molecule has 3 fully saturated rings. The van der Waals surface area contributed by atoms with Crippen LogP contribution in [-0.2, 0) is 4.79 Å². The smallest absolute Gasteiger partial charge is 0.253 e. The van der Waals surface area contributed by atoms with Crippen LogP contribution in [0.4, 0.5) is 0 Å². The van der Waals surface area contributed by atoms with Gasteiger partial charge in [0.25, 0.3) is 5.91 Å². The SMILES string of the molecule is Cl.O=C(c1ccccc1)N1CCC(C(=O)N2CCC3(CCNCC3)CC2)CC1. The molecule has 3 heterocycles. The van der Waals surface area contributed by atoms with E-state index in [9.17, 15) is 9.59 Å². The summed E-state index contributed by atoms with van der Waals surface area (Å²) in [5.41, 5.74) is 1.22. The van der Waals surface area contributed by atoms with Gasteiger partial charge in [-0.3, -0.25) is 9.59 Å². The van der Waals surface area contributed by atoms with Crippen molar-refractivity contribution in [2.75, 3.05) is 39.3 Å². The summed E-state index contributed by atoms with van der Waals surface area (Å²) in [6, 6.07) is 9.45. The molecule has 4 rings (SSSR count). The largest absolute Gasteiger partial charge is 0.342 e. The van der Waals surface area contributed by atoms with Gasteiger partial charge in [-0.1, -0.05) is 18.2 Å². The highest BCUT2D eigenvalue weighted by Crippen LogP contribution is 2.40. The van der Waals surface area contributed by atoms with Crippen LogP contribution in [0.15, 0.2) is 30.3 Å². The number of amides is 2. The van der Waals surface area contributed by atoms with E-state index in [1.807, 2.05) is 35.2 Å². The van der Waals surface area contributed by atoms with E-state index in [0.29, 0.717) is 24.4 Å². The first-order valence-corrected chi connectivity index (χ1v) is 10.5. The molecule has 3 aliphatic rings. The number of hydrogen-bond donors (Lipinski definition) is 1. The number of nitrogens with one attached hydrogen (secondary N) is 1. The van der Waals surface area contributed by atoms with Crippen molar-refractivity contribution in [2.45, 2.75) is 38.5 Å². The van der Waals surface area contributed by atoms with Gasteiger partial charge in [-0.05, 0) is 69.2 Å². The van der Waals surface area contributed by atoms with Crippen LogP contribution < -0.4 is 5.32 Å². The van der Waals surface area contributed by atoms with Gasteiger partial charge in [-0.15, -0.1) is 12.4 Å². The highest BCUT2D eigenvalue weighted by Gasteiger charge is 2.38. The maximum atomic E-state index is 13.0. The first-order valence-electron chi connectivity index (χ1n) is 10.5. The summed E-state index contributed by atoms with van der Waals surface area (Å²) in [5, 5.41) is 3.45. The van der Waals surface area contributed by atoms with Gasteiger partial charge in [0.05, 0.1) is 0 Å². The molecule has 0 aliphatic carbocycles. The van der Waals surface area contributed by atoms with Crippen molar-refractivity contribution in [1.82, 2.24) is 15.1 Å². The van der Waals surface area contributed by atoms with Gasteiger partial charge in [0, 0.05) is 37.7 Å². The molecule has 3 aliphatic heterocycles. The van der Waals surface area contributed by atoms with E-state index in [2.05, 4.69) is 10.2 Å². The van der Waals surface area contributed by atoms with Gasteiger partial charge >= 0.3 is 0 Å². The molecule has 0 saturated carbocycles. The van der Waals surface area contributed by atoms with Crippen LogP contribution in [0.2, 0.25) is 0 Å². The van der Waals surface area contributed by atoms with Crippen LogP contribution in [0.1, 0.15) is 48.9 Å². The summed E-state index contributed by atoms with van der Waals surface area (Å²) in [7, 11) is 0. The highest BCUT2D eigenvalue weighted by atomic mass is 35.5. The van der Waals surface area contributed by atoms with Crippen molar-refractivity contribution in [3.63, 3.8) is 0 Å². The van der Waals surface area contributed by atoms with E-state index in [1.54, 1.807) is 0 Å². The first-order chi connectivity index (χ1) is 13.2. The van der Waals surface area contributed by atoms with Gasteiger partial charge in [0.2, 0.25) is 5.91 Å². The minimum absolute atomic E-state index is 0. The summed E-state index contributed by atoms with van der Waals surface area (Å²) < 4.78 is 0. The Bertz CT molecular complexity index is 658. The van der Waals surface area contributed by atoms with Crippen molar-refractivity contribution in [2.24, 2.45) is 11.3 Å².